The summed E-state index contributed by atoms with van der Waals surface area (Å²) < 4.78 is 90.0. The first-order valence-electron chi connectivity index (χ1n) is 11.4. The molecular weight excluding hydrogens is 466 g/mol. The van der Waals surface area contributed by atoms with E-state index in [1.807, 2.05) is 6.92 Å². The molecule has 0 spiro atoms. The standard InChI is InChI=1S/C23H30F6N2O3/c1-15(16-10-17(22(24,25)26)12-18(11-16)23(27,28)29)33-14-21(2)7-6-19(13-30-21)34-20(32)31-8-4-3-5-9-31/h10-12,15,19,30H,3-9,13-14H2,1-2H3/t15-,19?,21-/m1/s1. The number of ether oxygens (including phenoxy) is 2. The van der Waals surface area contributed by atoms with Gasteiger partial charge in [-0.1, -0.05) is 0 Å². The van der Waals surface area contributed by atoms with Gasteiger partial charge in [-0.05, 0) is 69.7 Å². The van der Waals surface area contributed by atoms with Crippen LogP contribution in [0.1, 0.15) is 68.7 Å². The lowest BCUT2D eigenvalue weighted by atomic mass is 9.90. The van der Waals surface area contributed by atoms with E-state index in [1.165, 1.54) is 6.92 Å². The van der Waals surface area contributed by atoms with Gasteiger partial charge < -0.3 is 19.7 Å². The first-order valence-corrected chi connectivity index (χ1v) is 11.4. The number of piperidine rings is 2. The van der Waals surface area contributed by atoms with E-state index in [9.17, 15) is 31.1 Å². The summed E-state index contributed by atoms with van der Waals surface area (Å²) in [5.74, 6) is 0. The fourth-order valence-electron chi connectivity index (χ4n) is 4.17. The molecule has 0 saturated carbocycles. The first kappa shape index (κ1) is 26.6. The monoisotopic (exact) mass is 496 g/mol. The molecule has 0 bridgehead atoms. The predicted molar refractivity (Wildman–Crippen MR) is 112 cm³/mol. The van der Waals surface area contributed by atoms with Crippen molar-refractivity contribution in [2.75, 3.05) is 26.2 Å². The van der Waals surface area contributed by atoms with Crippen LogP contribution >= 0.6 is 0 Å². The molecule has 192 valence electrons. The molecule has 2 saturated heterocycles. The van der Waals surface area contributed by atoms with Crippen molar-refractivity contribution in [2.45, 2.75) is 76.1 Å². The summed E-state index contributed by atoms with van der Waals surface area (Å²) in [4.78, 5) is 14.0. The molecule has 1 unspecified atom stereocenters. The Labute approximate surface area is 194 Å². The van der Waals surface area contributed by atoms with Crippen LogP contribution in [0, 0.1) is 0 Å². The van der Waals surface area contributed by atoms with Crippen LogP contribution in [-0.2, 0) is 21.8 Å². The third kappa shape index (κ3) is 7.00. The van der Waals surface area contributed by atoms with E-state index in [4.69, 9.17) is 9.47 Å². The van der Waals surface area contributed by atoms with Crippen molar-refractivity contribution >= 4 is 6.09 Å². The SMILES string of the molecule is C[C@@H](OC[C@@]1(C)CCC(OC(=O)N2CCCCC2)CN1)c1cc(C(F)(F)F)cc(C(F)(F)F)c1. The highest BCUT2D eigenvalue weighted by molar-refractivity contribution is 5.67. The molecule has 3 rings (SSSR count). The van der Waals surface area contributed by atoms with Crippen LogP contribution in [0.15, 0.2) is 18.2 Å². The van der Waals surface area contributed by atoms with E-state index in [-0.39, 0.29) is 30.4 Å². The Morgan fingerprint density at radius 3 is 2.18 bits per heavy atom. The van der Waals surface area contributed by atoms with Crippen LogP contribution in [-0.4, -0.2) is 48.9 Å². The second kappa shape index (κ2) is 10.3. The zero-order valence-electron chi connectivity index (χ0n) is 19.2. The van der Waals surface area contributed by atoms with Gasteiger partial charge in [0.1, 0.15) is 6.10 Å². The second-order valence-electron chi connectivity index (χ2n) is 9.33. The van der Waals surface area contributed by atoms with Crippen LogP contribution in [0.2, 0.25) is 0 Å². The number of benzene rings is 1. The van der Waals surface area contributed by atoms with Crippen molar-refractivity contribution < 1.29 is 40.6 Å². The highest BCUT2D eigenvalue weighted by atomic mass is 19.4. The summed E-state index contributed by atoms with van der Waals surface area (Å²) >= 11 is 0. The number of carbonyl (C=O) groups excluding carboxylic acids is 1. The van der Waals surface area contributed by atoms with Gasteiger partial charge in [-0.15, -0.1) is 0 Å². The maximum absolute atomic E-state index is 13.1. The molecule has 2 aliphatic heterocycles. The summed E-state index contributed by atoms with van der Waals surface area (Å²) in [6, 6.07) is 1.48. The zero-order valence-corrected chi connectivity index (χ0v) is 19.2. The van der Waals surface area contributed by atoms with Gasteiger partial charge in [-0.2, -0.15) is 26.3 Å². The minimum absolute atomic E-state index is 0.0680. The first-order chi connectivity index (χ1) is 15.8. The maximum atomic E-state index is 13.1. The number of likely N-dealkylation sites (tertiary alicyclic amines) is 1. The van der Waals surface area contributed by atoms with Crippen LogP contribution in [0.5, 0.6) is 0 Å². The quantitative estimate of drug-likeness (QED) is 0.513. The van der Waals surface area contributed by atoms with Crippen molar-refractivity contribution in [3.8, 4) is 0 Å². The molecule has 34 heavy (non-hydrogen) atoms. The lowest BCUT2D eigenvalue weighted by molar-refractivity contribution is -0.143. The van der Waals surface area contributed by atoms with Gasteiger partial charge in [0.25, 0.3) is 0 Å². The molecule has 2 heterocycles. The topological polar surface area (TPSA) is 50.8 Å². The lowest BCUT2D eigenvalue weighted by Gasteiger charge is -2.39. The Hall–Kier alpha value is -2.01. The predicted octanol–water partition coefficient (Wildman–Crippen LogP) is 5.94. The third-order valence-electron chi connectivity index (χ3n) is 6.39. The van der Waals surface area contributed by atoms with Crippen LogP contribution in [0.3, 0.4) is 0 Å². The second-order valence-corrected chi connectivity index (χ2v) is 9.33. The number of nitrogens with zero attached hydrogens (tertiary/aromatic N) is 1. The summed E-state index contributed by atoms with van der Waals surface area (Å²) in [5, 5.41) is 3.25. The molecule has 0 aromatic heterocycles. The average molecular weight is 496 g/mol. The van der Waals surface area contributed by atoms with Crippen molar-refractivity contribution in [3.05, 3.63) is 34.9 Å². The molecule has 1 amide bonds. The van der Waals surface area contributed by atoms with Gasteiger partial charge in [0.05, 0.1) is 23.8 Å². The number of hydrogen-bond donors (Lipinski definition) is 1. The highest BCUT2D eigenvalue weighted by Gasteiger charge is 2.38. The number of alkyl halides is 6. The van der Waals surface area contributed by atoms with Gasteiger partial charge in [0.15, 0.2) is 0 Å². The number of carbonyl (C=O) groups is 1. The molecule has 0 aliphatic carbocycles. The van der Waals surface area contributed by atoms with E-state index >= 15 is 0 Å². The van der Waals surface area contributed by atoms with Gasteiger partial charge in [0.2, 0.25) is 0 Å². The van der Waals surface area contributed by atoms with Crippen molar-refractivity contribution in [3.63, 3.8) is 0 Å². The van der Waals surface area contributed by atoms with E-state index < -0.39 is 35.1 Å². The number of amides is 1. The Bertz CT molecular complexity index is 812. The van der Waals surface area contributed by atoms with Gasteiger partial charge in [-0.25, -0.2) is 4.79 Å². The molecule has 2 aliphatic rings. The number of rotatable bonds is 5. The van der Waals surface area contributed by atoms with Crippen molar-refractivity contribution in [1.29, 1.82) is 0 Å². The molecule has 2 fully saturated rings. The van der Waals surface area contributed by atoms with Crippen LogP contribution in [0.25, 0.3) is 0 Å². The van der Waals surface area contributed by atoms with E-state index in [2.05, 4.69) is 5.32 Å². The van der Waals surface area contributed by atoms with E-state index in [1.54, 1.807) is 4.90 Å². The Morgan fingerprint density at radius 1 is 1.09 bits per heavy atom. The molecule has 11 heteroatoms. The zero-order chi connectivity index (χ0) is 25.1. The normalized spacial score (nSPS) is 25.2. The third-order valence-corrected chi connectivity index (χ3v) is 6.39. The Kier molecular flexibility index (Phi) is 8.07. The van der Waals surface area contributed by atoms with Crippen molar-refractivity contribution in [2.24, 2.45) is 0 Å². The minimum atomic E-state index is -4.91. The van der Waals surface area contributed by atoms with Gasteiger partial charge in [-0.3, -0.25) is 0 Å². The summed E-state index contributed by atoms with van der Waals surface area (Å²) in [6.45, 7) is 5.11. The summed E-state index contributed by atoms with van der Waals surface area (Å²) in [6.07, 6.45) is -7.29. The Morgan fingerprint density at radius 2 is 1.68 bits per heavy atom. The van der Waals surface area contributed by atoms with Crippen molar-refractivity contribution in [1.82, 2.24) is 10.2 Å². The summed E-state index contributed by atoms with van der Waals surface area (Å²) in [5.41, 5.74) is -3.49. The fraction of sp³-hybridized carbons (Fsp3) is 0.696. The number of hydrogen-bond acceptors (Lipinski definition) is 4. The number of nitrogens with one attached hydrogen (secondary N) is 1. The van der Waals surface area contributed by atoms with Crippen LogP contribution in [0.4, 0.5) is 31.1 Å². The average Bonchev–Trinajstić information content (AvgIpc) is 2.78. The smallest absolute Gasteiger partial charge is 0.416 e. The molecule has 1 aromatic carbocycles. The van der Waals surface area contributed by atoms with E-state index in [0.717, 1.165) is 19.3 Å². The molecule has 3 atom stereocenters. The molecule has 5 nitrogen and oxygen atoms in total. The number of halogens is 6. The highest BCUT2D eigenvalue weighted by Crippen LogP contribution is 2.38. The molecular formula is C23H30F6N2O3. The minimum Gasteiger partial charge on any atom is -0.445 e. The lowest BCUT2D eigenvalue weighted by Crippen LogP contribution is -2.55. The molecule has 1 aromatic rings. The van der Waals surface area contributed by atoms with E-state index in [0.29, 0.717) is 44.6 Å². The maximum Gasteiger partial charge on any atom is 0.416 e. The fourth-order valence-corrected chi connectivity index (χ4v) is 4.17. The largest absolute Gasteiger partial charge is 0.445 e. The molecule has 0 radical (unpaired) electrons. The molecule has 1 N–H and O–H groups in total. The van der Waals surface area contributed by atoms with Gasteiger partial charge in [0, 0.05) is 25.2 Å². The Balaban J connectivity index is 1.56. The summed E-state index contributed by atoms with van der Waals surface area (Å²) in [7, 11) is 0. The van der Waals surface area contributed by atoms with Gasteiger partial charge >= 0.3 is 18.4 Å². The van der Waals surface area contributed by atoms with Crippen LogP contribution < -0.4 is 5.32 Å².